The number of ether oxygens (including phenoxy) is 1. The third-order valence-electron chi connectivity index (χ3n) is 3.76. The summed E-state index contributed by atoms with van der Waals surface area (Å²) >= 11 is 0. The monoisotopic (exact) mass is 328 g/mol. The van der Waals surface area contributed by atoms with E-state index in [0.29, 0.717) is 17.8 Å². The van der Waals surface area contributed by atoms with E-state index in [1.165, 1.54) is 0 Å². The molecule has 1 aliphatic carbocycles. The molecule has 2 aromatic rings. The molecule has 126 valence electrons. The zero-order chi connectivity index (χ0) is 16.9. The largest absolute Gasteiger partial charge is 0.467 e. The molecule has 1 saturated carbocycles. The number of para-hydroxylation sites is 1. The molecule has 0 bridgehead atoms. The molecule has 1 atom stereocenters. The van der Waals surface area contributed by atoms with Crippen molar-refractivity contribution in [1.82, 2.24) is 5.32 Å². The second-order valence-corrected chi connectivity index (χ2v) is 5.81. The summed E-state index contributed by atoms with van der Waals surface area (Å²) in [6.45, 7) is 2.03. The zero-order valence-corrected chi connectivity index (χ0v) is 13.5. The van der Waals surface area contributed by atoms with E-state index in [0.717, 1.165) is 18.6 Å². The highest BCUT2D eigenvalue weighted by atomic mass is 16.5. The molecule has 1 heterocycles. The summed E-state index contributed by atoms with van der Waals surface area (Å²) in [5.41, 5.74) is 1.02. The molecule has 1 aromatic carbocycles. The average Bonchev–Trinajstić information content (AvgIpc) is 3.24. The normalized spacial score (nSPS) is 14.7. The molecule has 1 aliphatic rings. The van der Waals surface area contributed by atoms with Crippen LogP contribution in [0.2, 0.25) is 0 Å². The molecule has 0 radical (unpaired) electrons. The average molecular weight is 328 g/mol. The summed E-state index contributed by atoms with van der Waals surface area (Å²) in [5.74, 6) is -0.0294. The van der Waals surface area contributed by atoms with Crippen molar-refractivity contribution in [3.05, 3.63) is 54.0 Å². The van der Waals surface area contributed by atoms with Crippen LogP contribution in [0.5, 0.6) is 0 Å². The summed E-state index contributed by atoms with van der Waals surface area (Å²) in [4.78, 5) is 24.3. The Labute approximate surface area is 140 Å². The number of nitrogens with one attached hydrogen (secondary N) is 2. The molecule has 2 N–H and O–H groups in total. The van der Waals surface area contributed by atoms with Crippen LogP contribution in [0.4, 0.5) is 5.69 Å². The molecule has 1 aromatic heterocycles. The van der Waals surface area contributed by atoms with Gasteiger partial charge in [-0.25, -0.2) is 4.79 Å². The van der Waals surface area contributed by atoms with Crippen molar-refractivity contribution < 1.29 is 18.7 Å². The Kier molecular flexibility index (Phi) is 4.84. The molecule has 1 fully saturated rings. The molecule has 6 nitrogen and oxygen atoms in total. The smallest absolute Gasteiger partial charge is 0.341 e. The van der Waals surface area contributed by atoms with E-state index < -0.39 is 12.1 Å². The number of amides is 1. The van der Waals surface area contributed by atoms with Gasteiger partial charge in [0.2, 0.25) is 0 Å². The maximum absolute atomic E-state index is 12.4. The molecule has 1 amide bonds. The SMILES string of the molecule is C[C@@H](OC(=O)c1ccccc1NCc1ccco1)C(=O)NC1CC1. The van der Waals surface area contributed by atoms with Crippen molar-refractivity contribution in [1.29, 1.82) is 0 Å². The van der Waals surface area contributed by atoms with Crippen molar-refractivity contribution in [3.8, 4) is 0 Å². The van der Waals surface area contributed by atoms with Crippen molar-refractivity contribution in [3.63, 3.8) is 0 Å². The van der Waals surface area contributed by atoms with Gasteiger partial charge in [0, 0.05) is 11.7 Å². The van der Waals surface area contributed by atoms with E-state index in [4.69, 9.17) is 9.15 Å². The van der Waals surface area contributed by atoms with Gasteiger partial charge in [0.05, 0.1) is 18.4 Å². The summed E-state index contributed by atoms with van der Waals surface area (Å²) in [7, 11) is 0. The number of hydrogen-bond donors (Lipinski definition) is 2. The predicted octanol–water partition coefficient (Wildman–Crippen LogP) is 2.72. The van der Waals surface area contributed by atoms with Crippen molar-refractivity contribution >= 4 is 17.6 Å². The maximum atomic E-state index is 12.4. The second-order valence-electron chi connectivity index (χ2n) is 5.81. The van der Waals surface area contributed by atoms with Crippen LogP contribution in [-0.2, 0) is 16.1 Å². The third kappa shape index (κ3) is 4.16. The second kappa shape index (κ2) is 7.21. The quantitative estimate of drug-likeness (QED) is 0.764. The standard InChI is InChI=1S/C18H20N2O4/c1-12(17(21)20-13-8-9-13)24-18(22)15-6-2-3-7-16(15)19-11-14-5-4-10-23-14/h2-7,10,12-13,19H,8-9,11H2,1H3,(H,20,21)/t12-/m1/s1. The van der Waals surface area contributed by atoms with E-state index in [2.05, 4.69) is 10.6 Å². The van der Waals surface area contributed by atoms with Gasteiger partial charge in [-0.2, -0.15) is 0 Å². The molecule has 24 heavy (non-hydrogen) atoms. The molecule has 0 spiro atoms. The van der Waals surface area contributed by atoms with Gasteiger partial charge in [-0.3, -0.25) is 4.79 Å². The highest BCUT2D eigenvalue weighted by Crippen LogP contribution is 2.20. The van der Waals surface area contributed by atoms with Crippen LogP contribution in [-0.4, -0.2) is 24.0 Å². The lowest BCUT2D eigenvalue weighted by molar-refractivity contribution is -0.129. The van der Waals surface area contributed by atoms with Crippen LogP contribution < -0.4 is 10.6 Å². The number of benzene rings is 1. The lowest BCUT2D eigenvalue weighted by Gasteiger charge is -2.15. The highest BCUT2D eigenvalue weighted by molar-refractivity contribution is 5.97. The van der Waals surface area contributed by atoms with Gasteiger partial charge in [-0.05, 0) is 44.0 Å². The van der Waals surface area contributed by atoms with Gasteiger partial charge in [-0.15, -0.1) is 0 Å². The molecule has 6 heteroatoms. The van der Waals surface area contributed by atoms with Gasteiger partial charge >= 0.3 is 5.97 Å². The Hall–Kier alpha value is -2.76. The molecule has 0 unspecified atom stereocenters. The minimum atomic E-state index is -0.823. The van der Waals surface area contributed by atoms with Crippen LogP contribution in [0.25, 0.3) is 0 Å². The molecular formula is C18H20N2O4. The first-order valence-electron chi connectivity index (χ1n) is 8.00. The lowest BCUT2D eigenvalue weighted by Crippen LogP contribution is -2.37. The first-order valence-corrected chi connectivity index (χ1v) is 8.00. The van der Waals surface area contributed by atoms with Crippen LogP contribution >= 0.6 is 0 Å². The molecule has 3 rings (SSSR count). The number of esters is 1. The molecule has 0 aliphatic heterocycles. The predicted molar refractivity (Wildman–Crippen MR) is 88.5 cm³/mol. The van der Waals surface area contributed by atoms with Gasteiger partial charge < -0.3 is 19.8 Å². The first kappa shape index (κ1) is 16.1. The molecular weight excluding hydrogens is 308 g/mol. The third-order valence-corrected chi connectivity index (χ3v) is 3.76. The van der Waals surface area contributed by atoms with Crippen molar-refractivity contribution in [2.45, 2.75) is 38.5 Å². The van der Waals surface area contributed by atoms with Gasteiger partial charge in [-0.1, -0.05) is 12.1 Å². The fraction of sp³-hybridized carbons (Fsp3) is 0.333. The van der Waals surface area contributed by atoms with E-state index in [9.17, 15) is 9.59 Å². The van der Waals surface area contributed by atoms with E-state index >= 15 is 0 Å². The maximum Gasteiger partial charge on any atom is 0.341 e. The zero-order valence-electron chi connectivity index (χ0n) is 13.5. The fourth-order valence-corrected chi connectivity index (χ4v) is 2.23. The van der Waals surface area contributed by atoms with Crippen molar-refractivity contribution in [2.75, 3.05) is 5.32 Å². The highest BCUT2D eigenvalue weighted by Gasteiger charge is 2.27. The molecule has 0 saturated heterocycles. The fourth-order valence-electron chi connectivity index (χ4n) is 2.23. The number of rotatable bonds is 7. The minimum absolute atomic E-state index is 0.237. The number of anilines is 1. The Balaban J connectivity index is 1.62. The summed E-state index contributed by atoms with van der Waals surface area (Å²) in [5, 5.41) is 5.97. The Morgan fingerprint density at radius 3 is 2.75 bits per heavy atom. The summed E-state index contributed by atoms with van der Waals surface area (Å²) in [6, 6.07) is 10.9. The Bertz CT molecular complexity index is 708. The number of carbonyl (C=O) groups excluding carboxylic acids is 2. The van der Waals surface area contributed by atoms with Gasteiger partial charge in [0.15, 0.2) is 6.10 Å². The van der Waals surface area contributed by atoms with E-state index in [1.54, 1.807) is 37.5 Å². The topological polar surface area (TPSA) is 80.6 Å². The van der Waals surface area contributed by atoms with Crippen molar-refractivity contribution in [2.24, 2.45) is 0 Å². The van der Waals surface area contributed by atoms with E-state index in [1.807, 2.05) is 12.1 Å². The van der Waals surface area contributed by atoms with Gasteiger partial charge in [0.1, 0.15) is 5.76 Å². The van der Waals surface area contributed by atoms with Crippen LogP contribution in [0.15, 0.2) is 47.1 Å². The summed E-state index contributed by atoms with van der Waals surface area (Å²) < 4.78 is 10.6. The summed E-state index contributed by atoms with van der Waals surface area (Å²) in [6.07, 6.45) is 2.76. The van der Waals surface area contributed by atoms with Crippen LogP contribution in [0.1, 0.15) is 35.9 Å². The Morgan fingerprint density at radius 2 is 2.04 bits per heavy atom. The number of furan rings is 1. The number of carbonyl (C=O) groups is 2. The van der Waals surface area contributed by atoms with Gasteiger partial charge in [0.25, 0.3) is 5.91 Å². The number of hydrogen-bond acceptors (Lipinski definition) is 5. The first-order chi connectivity index (χ1) is 11.6. The minimum Gasteiger partial charge on any atom is -0.467 e. The van der Waals surface area contributed by atoms with Crippen LogP contribution in [0.3, 0.4) is 0 Å². The van der Waals surface area contributed by atoms with Crippen LogP contribution in [0, 0.1) is 0 Å². The Morgan fingerprint density at radius 1 is 1.25 bits per heavy atom. The lowest BCUT2D eigenvalue weighted by atomic mass is 10.1. The van der Waals surface area contributed by atoms with E-state index in [-0.39, 0.29) is 11.9 Å².